The third kappa shape index (κ3) is 5.21. The van der Waals surface area contributed by atoms with Crippen LogP contribution in [0.15, 0.2) is 24.3 Å². The summed E-state index contributed by atoms with van der Waals surface area (Å²) in [6.07, 6.45) is 0. The maximum Gasteiger partial charge on any atom is 0.251 e. The van der Waals surface area contributed by atoms with Crippen LogP contribution >= 0.6 is 11.3 Å². The number of carbonyl (C=O) groups excluding carboxylic acids is 1. The molecule has 0 atom stereocenters. The van der Waals surface area contributed by atoms with Crippen molar-refractivity contribution in [2.24, 2.45) is 0 Å². The monoisotopic (exact) mass is 516 g/mol. The molecule has 1 aliphatic rings. The lowest BCUT2D eigenvalue weighted by molar-refractivity contribution is 0.0947. The van der Waals surface area contributed by atoms with E-state index in [1.54, 1.807) is 37.7 Å². The van der Waals surface area contributed by atoms with Crippen LogP contribution in [0.4, 0.5) is 5.13 Å². The minimum absolute atomic E-state index is 0.190. The molecule has 0 saturated carbocycles. The molecule has 11 heteroatoms. The molecule has 1 saturated heterocycles. The first-order chi connectivity index (χ1) is 17.5. The summed E-state index contributed by atoms with van der Waals surface area (Å²) < 4.78 is 28.0. The number of ether oxygens (including phenoxy) is 5. The summed E-state index contributed by atoms with van der Waals surface area (Å²) in [6, 6.07) is 7.09. The van der Waals surface area contributed by atoms with Gasteiger partial charge in [-0.15, -0.1) is 0 Å². The highest BCUT2D eigenvalue weighted by Crippen LogP contribution is 2.40. The van der Waals surface area contributed by atoms with E-state index in [0.29, 0.717) is 29.4 Å². The van der Waals surface area contributed by atoms with E-state index in [2.05, 4.69) is 15.1 Å². The Kier molecular flexibility index (Phi) is 8.21. The number of fused-ring (bicyclic) bond motifs is 1. The SMILES string of the molecule is COc1cc(C(=O)NCCN2CCN(c3nc4c(OC)ccc(OC)c4s3)CC2)cc(OC)c1OC. The van der Waals surface area contributed by atoms with Crippen LogP contribution in [0, 0.1) is 0 Å². The highest BCUT2D eigenvalue weighted by atomic mass is 32.1. The lowest BCUT2D eigenvalue weighted by atomic mass is 10.1. The molecule has 1 aliphatic heterocycles. The van der Waals surface area contributed by atoms with Gasteiger partial charge in [0.25, 0.3) is 5.91 Å². The number of hydrogen-bond donors (Lipinski definition) is 1. The zero-order chi connectivity index (χ0) is 25.7. The first-order valence-corrected chi connectivity index (χ1v) is 12.4. The molecule has 4 rings (SSSR count). The maximum absolute atomic E-state index is 12.7. The average Bonchev–Trinajstić information content (AvgIpc) is 3.37. The number of carbonyl (C=O) groups is 1. The van der Waals surface area contributed by atoms with Crippen molar-refractivity contribution in [3.8, 4) is 28.7 Å². The summed E-state index contributed by atoms with van der Waals surface area (Å²) in [6.45, 7) is 4.75. The highest BCUT2D eigenvalue weighted by Gasteiger charge is 2.22. The van der Waals surface area contributed by atoms with Crippen LogP contribution in [0.5, 0.6) is 28.7 Å². The molecule has 2 aromatic carbocycles. The van der Waals surface area contributed by atoms with Crippen molar-refractivity contribution in [3.05, 3.63) is 29.8 Å². The Hall–Kier alpha value is -3.44. The zero-order valence-corrected chi connectivity index (χ0v) is 22.1. The molecule has 1 N–H and O–H groups in total. The summed E-state index contributed by atoms with van der Waals surface area (Å²) in [5.41, 5.74) is 1.28. The van der Waals surface area contributed by atoms with Crippen molar-refractivity contribution in [3.63, 3.8) is 0 Å². The standard InChI is InChI=1S/C25H32N4O6S/c1-31-17-6-7-18(32-2)23-21(17)27-25(36-23)29-12-10-28(11-13-29)9-8-26-24(30)16-14-19(33-3)22(35-5)20(15-16)34-4/h6-7,14-15H,8-13H2,1-5H3,(H,26,30). The lowest BCUT2D eigenvalue weighted by Gasteiger charge is -2.34. The van der Waals surface area contributed by atoms with Crippen LogP contribution < -0.4 is 33.9 Å². The molecule has 1 fully saturated rings. The van der Waals surface area contributed by atoms with E-state index in [9.17, 15) is 4.79 Å². The van der Waals surface area contributed by atoms with Crippen molar-refractivity contribution in [2.45, 2.75) is 0 Å². The highest BCUT2D eigenvalue weighted by molar-refractivity contribution is 7.22. The van der Waals surface area contributed by atoms with Gasteiger partial charge in [0.05, 0.1) is 35.5 Å². The number of methoxy groups -OCH3 is 5. The van der Waals surface area contributed by atoms with E-state index in [4.69, 9.17) is 28.7 Å². The van der Waals surface area contributed by atoms with E-state index in [0.717, 1.165) is 59.6 Å². The van der Waals surface area contributed by atoms with Gasteiger partial charge in [-0.25, -0.2) is 4.98 Å². The van der Waals surface area contributed by atoms with Gasteiger partial charge in [-0.3, -0.25) is 9.69 Å². The van der Waals surface area contributed by atoms with Gasteiger partial charge in [0.2, 0.25) is 5.75 Å². The molecule has 0 bridgehead atoms. The van der Waals surface area contributed by atoms with Gasteiger partial charge in [-0.2, -0.15) is 0 Å². The third-order valence-corrected chi connectivity index (χ3v) is 7.31. The first kappa shape index (κ1) is 25.6. The van der Waals surface area contributed by atoms with Gasteiger partial charge in [-0.1, -0.05) is 11.3 Å². The van der Waals surface area contributed by atoms with Crippen LogP contribution in [0.1, 0.15) is 10.4 Å². The van der Waals surface area contributed by atoms with Crippen molar-refractivity contribution < 1.29 is 28.5 Å². The average molecular weight is 517 g/mol. The Balaban J connectivity index is 1.32. The zero-order valence-electron chi connectivity index (χ0n) is 21.3. The number of aromatic nitrogens is 1. The van der Waals surface area contributed by atoms with Gasteiger partial charge in [0.1, 0.15) is 21.7 Å². The molecule has 36 heavy (non-hydrogen) atoms. The van der Waals surface area contributed by atoms with E-state index >= 15 is 0 Å². The lowest BCUT2D eigenvalue weighted by Crippen LogP contribution is -2.48. The molecule has 0 unspecified atom stereocenters. The number of piperazine rings is 1. The fourth-order valence-electron chi connectivity index (χ4n) is 4.21. The van der Waals surface area contributed by atoms with Crippen molar-refractivity contribution in [2.75, 3.05) is 79.7 Å². The maximum atomic E-state index is 12.7. The smallest absolute Gasteiger partial charge is 0.251 e. The van der Waals surface area contributed by atoms with Gasteiger partial charge < -0.3 is 33.9 Å². The third-order valence-electron chi connectivity index (χ3n) is 6.18. The van der Waals surface area contributed by atoms with Crippen LogP contribution in [-0.2, 0) is 0 Å². The van der Waals surface area contributed by atoms with Gasteiger partial charge in [-0.05, 0) is 24.3 Å². The molecule has 10 nitrogen and oxygen atoms in total. The van der Waals surface area contributed by atoms with Gasteiger partial charge in [0.15, 0.2) is 16.6 Å². The van der Waals surface area contributed by atoms with Crippen molar-refractivity contribution in [1.29, 1.82) is 0 Å². The van der Waals surface area contributed by atoms with Crippen LogP contribution in [0.25, 0.3) is 10.2 Å². The predicted octanol–water partition coefficient (Wildman–Crippen LogP) is 2.89. The largest absolute Gasteiger partial charge is 0.495 e. The summed E-state index contributed by atoms with van der Waals surface area (Å²) in [7, 11) is 7.91. The minimum atomic E-state index is -0.190. The summed E-state index contributed by atoms with van der Waals surface area (Å²) >= 11 is 1.62. The summed E-state index contributed by atoms with van der Waals surface area (Å²) in [5.74, 6) is 2.71. The van der Waals surface area contributed by atoms with Crippen molar-refractivity contribution >= 4 is 32.6 Å². The molecule has 0 spiro atoms. The topological polar surface area (TPSA) is 94.6 Å². The number of anilines is 1. The summed E-state index contributed by atoms with van der Waals surface area (Å²) in [4.78, 5) is 22.2. The normalized spacial score (nSPS) is 14.0. The predicted molar refractivity (Wildman–Crippen MR) is 140 cm³/mol. The fourth-order valence-corrected chi connectivity index (χ4v) is 5.34. The second-order valence-corrected chi connectivity index (χ2v) is 9.12. The molecule has 1 amide bonds. The second kappa shape index (κ2) is 11.5. The molecule has 0 radical (unpaired) electrons. The van der Waals surface area contributed by atoms with Gasteiger partial charge >= 0.3 is 0 Å². The Morgan fingerprint density at radius 1 is 0.889 bits per heavy atom. The molecular formula is C25H32N4O6S. The first-order valence-electron chi connectivity index (χ1n) is 11.6. The molecule has 1 aromatic heterocycles. The van der Waals surface area contributed by atoms with E-state index in [-0.39, 0.29) is 5.91 Å². The van der Waals surface area contributed by atoms with E-state index in [1.165, 1.54) is 21.3 Å². The number of hydrogen-bond acceptors (Lipinski definition) is 10. The van der Waals surface area contributed by atoms with Crippen LogP contribution in [-0.4, -0.2) is 90.6 Å². The van der Waals surface area contributed by atoms with Crippen molar-refractivity contribution in [1.82, 2.24) is 15.2 Å². The number of benzene rings is 2. The fraction of sp³-hybridized carbons (Fsp3) is 0.440. The number of nitrogens with zero attached hydrogens (tertiary/aromatic N) is 3. The van der Waals surface area contributed by atoms with E-state index in [1.807, 2.05) is 12.1 Å². The number of amides is 1. The Morgan fingerprint density at radius 2 is 1.50 bits per heavy atom. The quantitative estimate of drug-likeness (QED) is 0.436. The Labute approximate surface area is 214 Å². The molecular weight excluding hydrogens is 484 g/mol. The molecule has 194 valence electrons. The van der Waals surface area contributed by atoms with E-state index < -0.39 is 0 Å². The molecule has 0 aliphatic carbocycles. The Morgan fingerprint density at radius 3 is 2.08 bits per heavy atom. The van der Waals surface area contributed by atoms with Crippen LogP contribution in [0.3, 0.4) is 0 Å². The number of rotatable bonds is 10. The number of thiazole rings is 1. The van der Waals surface area contributed by atoms with Gasteiger partial charge in [0, 0.05) is 44.8 Å². The molecule has 3 aromatic rings. The Bertz CT molecular complexity index is 1140. The van der Waals surface area contributed by atoms with Crippen LogP contribution in [0.2, 0.25) is 0 Å². The number of nitrogens with one attached hydrogen (secondary N) is 1. The minimum Gasteiger partial charge on any atom is -0.495 e. The second-order valence-electron chi connectivity index (χ2n) is 8.14. The summed E-state index contributed by atoms with van der Waals surface area (Å²) in [5, 5.41) is 3.95. The molecule has 2 heterocycles.